The molecule has 0 atom stereocenters. The summed E-state index contributed by atoms with van der Waals surface area (Å²) < 4.78 is 7.37. The van der Waals surface area contributed by atoms with Gasteiger partial charge in [-0.15, -0.1) is 0 Å². The van der Waals surface area contributed by atoms with E-state index >= 15 is 0 Å². The Hall–Kier alpha value is -2.83. The number of nitrogens with one attached hydrogen (secondary N) is 1. The van der Waals surface area contributed by atoms with Crippen molar-refractivity contribution in [3.05, 3.63) is 41.6 Å². The van der Waals surface area contributed by atoms with Gasteiger partial charge in [0, 0.05) is 37.2 Å². The standard InChI is InChI=1S/C19H22N4O3/c1-22-16-9-10-23(17(24)12-26-14-5-3-2-4-6-14)11-15(16)18(21-22)20-19(25)13-7-8-13/h2-6,13H,7-12H2,1H3,(H,20,21,25). The number of ether oxygens (including phenoxy) is 1. The van der Waals surface area contributed by atoms with Crippen LogP contribution in [0.5, 0.6) is 5.75 Å². The molecule has 2 aliphatic rings. The Bertz CT molecular complexity index is 827. The molecular weight excluding hydrogens is 332 g/mol. The number of carbonyl (C=O) groups excluding carboxylic acids is 2. The fourth-order valence-corrected chi connectivity index (χ4v) is 3.22. The predicted molar refractivity (Wildman–Crippen MR) is 95.6 cm³/mol. The van der Waals surface area contributed by atoms with Crippen molar-refractivity contribution in [1.82, 2.24) is 14.7 Å². The first-order chi connectivity index (χ1) is 12.6. The molecule has 4 rings (SSSR count). The molecule has 7 nitrogen and oxygen atoms in total. The highest BCUT2D eigenvalue weighted by Crippen LogP contribution is 2.32. The number of benzene rings is 1. The molecule has 1 aromatic carbocycles. The van der Waals surface area contributed by atoms with E-state index in [-0.39, 0.29) is 24.3 Å². The summed E-state index contributed by atoms with van der Waals surface area (Å²) in [5.74, 6) is 1.34. The van der Waals surface area contributed by atoms with E-state index in [2.05, 4.69) is 10.4 Å². The van der Waals surface area contributed by atoms with Gasteiger partial charge in [-0.2, -0.15) is 5.10 Å². The van der Waals surface area contributed by atoms with Gasteiger partial charge in [0.25, 0.3) is 5.91 Å². The quantitative estimate of drug-likeness (QED) is 0.887. The fourth-order valence-electron chi connectivity index (χ4n) is 3.22. The van der Waals surface area contributed by atoms with Gasteiger partial charge >= 0.3 is 0 Å². The maximum Gasteiger partial charge on any atom is 0.260 e. The van der Waals surface area contributed by atoms with Gasteiger partial charge in [-0.05, 0) is 25.0 Å². The number of rotatable bonds is 5. The molecule has 2 heterocycles. The Morgan fingerprint density at radius 1 is 1.27 bits per heavy atom. The largest absolute Gasteiger partial charge is 0.484 e. The first-order valence-corrected chi connectivity index (χ1v) is 8.93. The van der Waals surface area contributed by atoms with E-state index in [1.807, 2.05) is 37.4 Å². The average molecular weight is 354 g/mol. The second kappa shape index (κ2) is 6.82. The van der Waals surface area contributed by atoms with Crippen LogP contribution in [0, 0.1) is 5.92 Å². The Morgan fingerprint density at radius 2 is 2.04 bits per heavy atom. The van der Waals surface area contributed by atoms with Crippen LogP contribution < -0.4 is 10.1 Å². The topological polar surface area (TPSA) is 76.5 Å². The van der Waals surface area contributed by atoms with Crippen molar-refractivity contribution in [1.29, 1.82) is 0 Å². The molecule has 1 aromatic heterocycles. The Kier molecular flexibility index (Phi) is 4.36. The zero-order valence-corrected chi connectivity index (χ0v) is 14.8. The van der Waals surface area contributed by atoms with Crippen LogP contribution in [0.1, 0.15) is 24.1 Å². The van der Waals surface area contributed by atoms with E-state index in [4.69, 9.17) is 4.74 Å². The molecule has 7 heteroatoms. The summed E-state index contributed by atoms with van der Waals surface area (Å²) in [6, 6.07) is 9.30. The van der Waals surface area contributed by atoms with E-state index in [1.54, 1.807) is 9.58 Å². The normalized spacial score (nSPS) is 16.1. The highest BCUT2D eigenvalue weighted by molar-refractivity contribution is 5.94. The molecule has 1 aliphatic carbocycles. The van der Waals surface area contributed by atoms with Crippen molar-refractivity contribution in [2.45, 2.75) is 25.8 Å². The Morgan fingerprint density at radius 3 is 2.77 bits per heavy atom. The maximum atomic E-state index is 12.5. The number of amides is 2. The van der Waals surface area contributed by atoms with Gasteiger partial charge in [-0.3, -0.25) is 14.3 Å². The van der Waals surface area contributed by atoms with Crippen molar-refractivity contribution in [3.63, 3.8) is 0 Å². The van der Waals surface area contributed by atoms with Gasteiger partial charge in [-0.25, -0.2) is 0 Å². The van der Waals surface area contributed by atoms with E-state index < -0.39 is 0 Å². The van der Waals surface area contributed by atoms with Crippen LogP contribution in [-0.4, -0.2) is 39.6 Å². The first kappa shape index (κ1) is 16.6. The number of aryl methyl sites for hydroxylation is 1. The Balaban J connectivity index is 1.42. The molecule has 0 unspecified atom stereocenters. The number of fused-ring (bicyclic) bond motifs is 1. The number of para-hydroxylation sites is 1. The summed E-state index contributed by atoms with van der Waals surface area (Å²) in [5.41, 5.74) is 2.00. The SMILES string of the molecule is Cn1nc(NC(=O)C2CC2)c2c1CCN(C(=O)COc1ccccc1)C2. The van der Waals surface area contributed by atoms with Gasteiger partial charge < -0.3 is 15.0 Å². The third kappa shape index (κ3) is 3.42. The lowest BCUT2D eigenvalue weighted by atomic mass is 10.1. The zero-order valence-electron chi connectivity index (χ0n) is 14.8. The van der Waals surface area contributed by atoms with Crippen molar-refractivity contribution < 1.29 is 14.3 Å². The Labute approximate surface area is 151 Å². The molecule has 136 valence electrons. The van der Waals surface area contributed by atoms with E-state index in [1.165, 1.54) is 0 Å². The van der Waals surface area contributed by atoms with Crippen LogP contribution in [0.3, 0.4) is 0 Å². The zero-order chi connectivity index (χ0) is 18.1. The molecule has 0 spiro atoms. The van der Waals surface area contributed by atoms with Crippen LogP contribution in [-0.2, 0) is 29.6 Å². The first-order valence-electron chi connectivity index (χ1n) is 8.93. The number of anilines is 1. The second-order valence-electron chi connectivity index (χ2n) is 6.83. The van der Waals surface area contributed by atoms with E-state index in [9.17, 15) is 9.59 Å². The lowest BCUT2D eigenvalue weighted by molar-refractivity contribution is -0.134. The molecule has 0 saturated heterocycles. The second-order valence-corrected chi connectivity index (χ2v) is 6.83. The van der Waals surface area contributed by atoms with Gasteiger partial charge in [0.1, 0.15) is 5.75 Å². The lowest BCUT2D eigenvalue weighted by Crippen LogP contribution is -2.39. The highest BCUT2D eigenvalue weighted by Gasteiger charge is 2.32. The van der Waals surface area contributed by atoms with Gasteiger partial charge in [0.2, 0.25) is 5.91 Å². The van der Waals surface area contributed by atoms with E-state index in [0.717, 1.165) is 30.5 Å². The van der Waals surface area contributed by atoms with Crippen LogP contribution in [0.15, 0.2) is 30.3 Å². The molecular formula is C19H22N4O3. The fraction of sp³-hybridized carbons (Fsp3) is 0.421. The molecule has 2 aromatic rings. The van der Waals surface area contributed by atoms with Crippen molar-refractivity contribution in [2.75, 3.05) is 18.5 Å². The van der Waals surface area contributed by atoms with Crippen LogP contribution >= 0.6 is 0 Å². The predicted octanol–water partition coefficient (Wildman–Crippen LogP) is 1.73. The number of hydrogen-bond donors (Lipinski definition) is 1. The molecule has 0 radical (unpaired) electrons. The van der Waals surface area contributed by atoms with Crippen LogP contribution in [0.4, 0.5) is 5.82 Å². The van der Waals surface area contributed by atoms with Crippen molar-refractivity contribution in [2.24, 2.45) is 13.0 Å². The lowest BCUT2D eigenvalue weighted by Gasteiger charge is -2.27. The van der Waals surface area contributed by atoms with Crippen LogP contribution in [0.25, 0.3) is 0 Å². The smallest absolute Gasteiger partial charge is 0.260 e. The molecule has 1 aliphatic heterocycles. The summed E-state index contributed by atoms with van der Waals surface area (Å²) in [6.45, 7) is 1.07. The van der Waals surface area contributed by atoms with Crippen LogP contribution in [0.2, 0.25) is 0 Å². The van der Waals surface area contributed by atoms with Gasteiger partial charge in [0.15, 0.2) is 12.4 Å². The summed E-state index contributed by atoms with van der Waals surface area (Å²) in [7, 11) is 1.88. The van der Waals surface area contributed by atoms with Gasteiger partial charge in [0.05, 0.1) is 6.54 Å². The number of nitrogens with zero attached hydrogens (tertiary/aromatic N) is 3. The third-order valence-electron chi connectivity index (χ3n) is 4.89. The molecule has 1 N–H and O–H groups in total. The molecule has 0 bridgehead atoms. The number of aromatic nitrogens is 2. The maximum absolute atomic E-state index is 12.5. The molecule has 2 amide bonds. The average Bonchev–Trinajstić information content (AvgIpc) is 3.47. The van der Waals surface area contributed by atoms with E-state index in [0.29, 0.717) is 24.7 Å². The molecule has 26 heavy (non-hydrogen) atoms. The minimum atomic E-state index is -0.0668. The monoisotopic (exact) mass is 354 g/mol. The molecule has 1 fully saturated rings. The summed E-state index contributed by atoms with van der Waals surface area (Å²) >= 11 is 0. The van der Waals surface area contributed by atoms with Crippen molar-refractivity contribution >= 4 is 17.6 Å². The summed E-state index contributed by atoms with van der Waals surface area (Å²) in [6.07, 6.45) is 2.61. The highest BCUT2D eigenvalue weighted by atomic mass is 16.5. The minimum absolute atomic E-state index is 0.00335. The number of hydrogen-bond acceptors (Lipinski definition) is 4. The minimum Gasteiger partial charge on any atom is -0.484 e. The third-order valence-corrected chi connectivity index (χ3v) is 4.89. The summed E-state index contributed by atoms with van der Waals surface area (Å²) in [4.78, 5) is 26.4. The summed E-state index contributed by atoms with van der Waals surface area (Å²) in [5, 5.41) is 7.38. The molecule has 1 saturated carbocycles. The van der Waals surface area contributed by atoms with Crippen molar-refractivity contribution in [3.8, 4) is 5.75 Å². The van der Waals surface area contributed by atoms with Gasteiger partial charge in [-0.1, -0.05) is 18.2 Å². The number of carbonyl (C=O) groups is 2.